The Kier molecular flexibility index (Phi) is 5.14. The Morgan fingerprint density at radius 1 is 1.00 bits per heavy atom. The molecule has 3 nitrogen and oxygen atoms in total. The summed E-state index contributed by atoms with van der Waals surface area (Å²) in [4.78, 5) is 11.9. The van der Waals surface area contributed by atoms with Crippen molar-refractivity contribution in [1.29, 1.82) is 0 Å². The van der Waals surface area contributed by atoms with Crippen LogP contribution in [-0.2, 0) is 0 Å². The molecule has 1 atom stereocenters. The van der Waals surface area contributed by atoms with Gasteiger partial charge in [0.25, 0.3) is 0 Å². The fraction of sp³-hybridized carbons (Fsp3) is 0.300. The molecule has 0 spiro atoms. The number of nitrogens with zero attached hydrogens (tertiary/aromatic N) is 3. The van der Waals surface area contributed by atoms with Gasteiger partial charge in [-0.1, -0.05) is 24.3 Å². The molecule has 3 heterocycles. The molecule has 4 heteroatoms. The maximum Gasteiger partial charge on any atom is 0.0914 e. The summed E-state index contributed by atoms with van der Waals surface area (Å²) in [6, 6.07) is 17.2. The second-order valence-corrected chi connectivity index (χ2v) is 6.30. The van der Waals surface area contributed by atoms with Crippen LogP contribution >= 0.6 is 17.0 Å². The number of halogens is 1. The van der Waals surface area contributed by atoms with Crippen molar-refractivity contribution < 1.29 is 0 Å². The van der Waals surface area contributed by atoms with Gasteiger partial charge < -0.3 is 4.90 Å². The van der Waals surface area contributed by atoms with Crippen molar-refractivity contribution in [2.45, 2.75) is 32.2 Å². The number of hydrogen-bond donors (Lipinski definition) is 0. The molecule has 1 fully saturated rings. The number of benzene rings is 1. The van der Waals surface area contributed by atoms with Crippen molar-refractivity contribution in [3.05, 3.63) is 54.7 Å². The van der Waals surface area contributed by atoms with Crippen molar-refractivity contribution in [3.63, 3.8) is 0 Å². The molecule has 1 saturated heterocycles. The fourth-order valence-electron chi connectivity index (χ4n) is 3.50. The maximum atomic E-state index is 4.84. The van der Waals surface area contributed by atoms with E-state index in [4.69, 9.17) is 4.98 Å². The molecule has 1 aliphatic heterocycles. The van der Waals surface area contributed by atoms with Crippen molar-refractivity contribution in [1.82, 2.24) is 9.97 Å². The lowest BCUT2D eigenvalue weighted by Crippen LogP contribution is -2.37. The first-order chi connectivity index (χ1) is 11.3. The van der Waals surface area contributed by atoms with Crippen molar-refractivity contribution >= 4 is 33.6 Å². The summed E-state index contributed by atoms with van der Waals surface area (Å²) in [7, 11) is 0. The monoisotopic (exact) mass is 383 g/mol. The number of piperidine rings is 1. The minimum absolute atomic E-state index is 0. The Labute approximate surface area is 153 Å². The van der Waals surface area contributed by atoms with Crippen LogP contribution in [0.2, 0.25) is 0 Å². The van der Waals surface area contributed by atoms with Crippen LogP contribution in [0.5, 0.6) is 0 Å². The van der Waals surface area contributed by atoms with Crippen LogP contribution in [0.4, 0.5) is 5.69 Å². The van der Waals surface area contributed by atoms with E-state index < -0.39 is 0 Å². The first-order valence-corrected chi connectivity index (χ1v) is 8.41. The lowest BCUT2D eigenvalue weighted by atomic mass is 10.0. The number of pyridine rings is 2. The van der Waals surface area contributed by atoms with Crippen LogP contribution < -0.4 is 4.90 Å². The third kappa shape index (κ3) is 3.16. The Bertz CT molecular complexity index is 819. The SMILES string of the molecule is Br.CC1CCCCN1c1cc(-c2ccccn2)nc2ccccc12. The molecular formula is C20H22BrN3. The van der Waals surface area contributed by atoms with Crippen LogP contribution in [0, 0.1) is 0 Å². The van der Waals surface area contributed by atoms with Gasteiger partial charge in [-0.05, 0) is 50.5 Å². The average molecular weight is 384 g/mol. The molecule has 1 unspecified atom stereocenters. The van der Waals surface area contributed by atoms with E-state index in [-0.39, 0.29) is 17.0 Å². The van der Waals surface area contributed by atoms with Crippen LogP contribution in [0.15, 0.2) is 54.7 Å². The van der Waals surface area contributed by atoms with Gasteiger partial charge in [0.15, 0.2) is 0 Å². The molecule has 0 saturated carbocycles. The molecule has 1 aromatic carbocycles. The topological polar surface area (TPSA) is 29.0 Å². The second-order valence-electron chi connectivity index (χ2n) is 6.30. The highest BCUT2D eigenvalue weighted by Gasteiger charge is 2.21. The molecule has 124 valence electrons. The molecule has 0 aliphatic carbocycles. The van der Waals surface area contributed by atoms with Gasteiger partial charge in [-0.3, -0.25) is 4.98 Å². The first kappa shape index (κ1) is 16.9. The maximum absolute atomic E-state index is 4.84. The van der Waals surface area contributed by atoms with Crippen molar-refractivity contribution in [2.75, 3.05) is 11.4 Å². The van der Waals surface area contributed by atoms with Crippen molar-refractivity contribution in [2.24, 2.45) is 0 Å². The molecule has 3 aromatic rings. The zero-order valence-electron chi connectivity index (χ0n) is 13.9. The third-order valence-corrected chi connectivity index (χ3v) is 4.73. The number of aromatic nitrogens is 2. The molecule has 24 heavy (non-hydrogen) atoms. The number of para-hydroxylation sites is 1. The van der Waals surface area contributed by atoms with Crippen molar-refractivity contribution in [3.8, 4) is 11.4 Å². The minimum Gasteiger partial charge on any atom is -0.368 e. The van der Waals surface area contributed by atoms with Crippen LogP contribution in [0.1, 0.15) is 26.2 Å². The Morgan fingerprint density at radius 2 is 1.83 bits per heavy atom. The van der Waals surface area contributed by atoms with Crippen LogP contribution in [0.3, 0.4) is 0 Å². The predicted octanol–water partition coefficient (Wildman–Crippen LogP) is 5.25. The van der Waals surface area contributed by atoms with E-state index in [0.717, 1.165) is 23.4 Å². The zero-order valence-corrected chi connectivity index (χ0v) is 15.6. The van der Waals surface area contributed by atoms with Crippen LogP contribution in [0.25, 0.3) is 22.3 Å². The number of hydrogen-bond acceptors (Lipinski definition) is 3. The van der Waals surface area contributed by atoms with Gasteiger partial charge in [-0.15, -0.1) is 17.0 Å². The molecule has 4 rings (SSSR count). The summed E-state index contributed by atoms with van der Waals surface area (Å²) in [5, 5.41) is 1.24. The summed E-state index contributed by atoms with van der Waals surface area (Å²) in [6.45, 7) is 3.45. The third-order valence-electron chi connectivity index (χ3n) is 4.73. The van der Waals surface area contributed by atoms with Gasteiger partial charge in [-0.2, -0.15) is 0 Å². The lowest BCUT2D eigenvalue weighted by Gasteiger charge is -2.36. The Hall–Kier alpha value is -1.94. The summed E-state index contributed by atoms with van der Waals surface area (Å²) in [5.74, 6) is 0. The number of fused-ring (bicyclic) bond motifs is 1. The van der Waals surface area contributed by atoms with Crippen LogP contribution in [-0.4, -0.2) is 22.6 Å². The van der Waals surface area contributed by atoms with Gasteiger partial charge in [0.05, 0.1) is 16.9 Å². The highest BCUT2D eigenvalue weighted by Crippen LogP contribution is 2.33. The highest BCUT2D eigenvalue weighted by atomic mass is 79.9. The second kappa shape index (κ2) is 7.31. The summed E-state index contributed by atoms with van der Waals surface area (Å²) in [5.41, 5.74) is 4.23. The molecule has 2 aromatic heterocycles. The molecular weight excluding hydrogens is 362 g/mol. The Balaban J connectivity index is 0.00000169. The van der Waals surface area contributed by atoms with Gasteiger partial charge in [-0.25, -0.2) is 4.98 Å². The van der Waals surface area contributed by atoms with E-state index in [2.05, 4.69) is 47.1 Å². The van der Waals surface area contributed by atoms with Gasteiger partial charge >= 0.3 is 0 Å². The largest absolute Gasteiger partial charge is 0.368 e. The molecule has 1 aliphatic rings. The predicted molar refractivity (Wildman–Crippen MR) is 106 cm³/mol. The van der Waals surface area contributed by atoms with E-state index >= 15 is 0 Å². The summed E-state index contributed by atoms with van der Waals surface area (Å²) in [6.07, 6.45) is 5.68. The molecule has 0 N–H and O–H groups in total. The molecule has 0 bridgehead atoms. The summed E-state index contributed by atoms with van der Waals surface area (Å²) >= 11 is 0. The highest BCUT2D eigenvalue weighted by molar-refractivity contribution is 8.93. The van der Waals surface area contributed by atoms with Gasteiger partial charge in [0, 0.05) is 29.9 Å². The van der Waals surface area contributed by atoms with E-state index in [1.54, 1.807) is 0 Å². The van der Waals surface area contributed by atoms with E-state index in [1.165, 1.54) is 30.3 Å². The molecule has 0 radical (unpaired) electrons. The summed E-state index contributed by atoms with van der Waals surface area (Å²) < 4.78 is 0. The van der Waals surface area contributed by atoms with E-state index in [9.17, 15) is 0 Å². The number of anilines is 1. The van der Waals surface area contributed by atoms with E-state index in [1.807, 2.05) is 24.4 Å². The molecule has 0 amide bonds. The lowest BCUT2D eigenvalue weighted by molar-refractivity contribution is 0.486. The van der Waals surface area contributed by atoms with Gasteiger partial charge in [0.1, 0.15) is 0 Å². The minimum atomic E-state index is 0. The van der Waals surface area contributed by atoms with Gasteiger partial charge in [0.2, 0.25) is 0 Å². The standard InChI is InChI=1S/C20H21N3.BrH/c1-15-8-5-7-13-23(15)20-14-19(18-11-4-6-12-21-18)22-17-10-3-2-9-16(17)20;/h2-4,6,9-12,14-15H,5,7-8,13H2,1H3;1H. The smallest absolute Gasteiger partial charge is 0.0914 e. The van der Waals surface area contributed by atoms with E-state index in [0.29, 0.717) is 6.04 Å². The normalized spacial score (nSPS) is 17.5. The Morgan fingerprint density at radius 3 is 2.62 bits per heavy atom. The average Bonchev–Trinajstić information content (AvgIpc) is 2.62. The number of rotatable bonds is 2. The fourth-order valence-corrected chi connectivity index (χ4v) is 3.50. The first-order valence-electron chi connectivity index (χ1n) is 8.41. The zero-order chi connectivity index (χ0) is 15.6. The quantitative estimate of drug-likeness (QED) is 0.604.